The van der Waals surface area contributed by atoms with Crippen LogP contribution in [0.3, 0.4) is 0 Å². The number of piperazine rings is 1. The van der Waals surface area contributed by atoms with E-state index in [1.165, 1.54) is 4.31 Å². The Kier molecular flexibility index (Phi) is 5.31. The van der Waals surface area contributed by atoms with Gasteiger partial charge in [-0.05, 0) is 42.3 Å². The van der Waals surface area contributed by atoms with Crippen LogP contribution in [0.4, 0.5) is 0 Å². The van der Waals surface area contributed by atoms with Gasteiger partial charge in [-0.15, -0.1) is 0 Å². The summed E-state index contributed by atoms with van der Waals surface area (Å²) >= 11 is 6.05. The van der Waals surface area contributed by atoms with E-state index in [4.69, 9.17) is 16.3 Å². The average molecular weight is 421 g/mol. The predicted octanol–water partition coefficient (Wildman–Crippen LogP) is 2.42. The van der Waals surface area contributed by atoms with Crippen molar-refractivity contribution in [1.29, 1.82) is 0 Å². The van der Waals surface area contributed by atoms with Crippen molar-refractivity contribution in [3.05, 3.63) is 59.1 Å². The van der Waals surface area contributed by atoms with Crippen molar-refractivity contribution in [2.45, 2.75) is 11.3 Å². The van der Waals surface area contributed by atoms with Crippen molar-refractivity contribution in [2.75, 3.05) is 32.8 Å². The normalized spacial score (nSPS) is 20.3. The smallest absolute Gasteiger partial charge is 0.243 e. The number of amides is 1. The summed E-state index contributed by atoms with van der Waals surface area (Å²) in [7, 11) is -3.52. The molecule has 0 spiro atoms. The van der Waals surface area contributed by atoms with E-state index < -0.39 is 10.0 Å². The van der Waals surface area contributed by atoms with E-state index >= 15 is 0 Å². The number of halogens is 1. The van der Waals surface area contributed by atoms with E-state index in [-0.39, 0.29) is 16.7 Å². The SMILES string of the molecule is O=C(C1COc2ccc(Cl)cc2C1)N1CCN(S(=O)(=O)c2ccccc2)CC1. The Balaban J connectivity index is 1.40. The number of carbonyl (C=O) groups excluding carboxylic acids is 1. The van der Waals surface area contributed by atoms with Gasteiger partial charge >= 0.3 is 0 Å². The first kappa shape index (κ1) is 19.2. The number of rotatable bonds is 3. The molecule has 0 aliphatic carbocycles. The standard InChI is InChI=1S/C20H21ClN2O4S/c21-17-6-7-19-15(13-17)12-16(14-27-19)20(24)22-8-10-23(11-9-22)28(25,26)18-4-2-1-3-5-18/h1-7,13,16H,8-12,14H2. The third kappa shape index (κ3) is 3.74. The van der Waals surface area contributed by atoms with E-state index in [0.717, 1.165) is 11.3 Å². The molecule has 6 nitrogen and oxygen atoms in total. The summed E-state index contributed by atoms with van der Waals surface area (Å²) < 4.78 is 32.6. The zero-order valence-corrected chi connectivity index (χ0v) is 16.8. The van der Waals surface area contributed by atoms with Crippen LogP contribution >= 0.6 is 11.6 Å². The molecule has 2 heterocycles. The maximum atomic E-state index is 12.9. The molecule has 2 aromatic rings. The van der Waals surface area contributed by atoms with Crippen LogP contribution in [0.1, 0.15) is 5.56 Å². The number of hydrogen-bond acceptors (Lipinski definition) is 4. The van der Waals surface area contributed by atoms with Crippen molar-refractivity contribution in [3.63, 3.8) is 0 Å². The van der Waals surface area contributed by atoms with E-state index in [0.29, 0.717) is 44.2 Å². The number of benzene rings is 2. The minimum atomic E-state index is -3.52. The molecule has 2 aliphatic rings. The molecule has 28 heavy (non-hydrogen) atoms. The number of sulfonamides is 1. The third-order valence-corrected chi connectivity index (χ3v) is 7.36. The fraction of sp³-hybridized carbons (Fsp3) is 0.350. The summed E-state index contributed by atoms with van der Waals surface area (Å²) in [5, 5.41) is 0.621. The Morgan fingerprint density at radius 1 is 1.04 bits per heavy atom. The molecular weight excluding hydrogens is 400 g/mol. The minimum Gasteiger partial charge on any atom is -0.492 e. The van der Waals surface area contributed by atoms with Crippen LogP contribution in [0.25, 0.3) is 0 Å². The largest absolute Gasteiger partial charge is 0.492 e. The van der Waals surface area contributed by atoms with Crippen molar-refractivity contribution < 1.29 is 17.9 Å². The van der Waals surface area contributed by atoms with E-state index in [1.807, 2.05) is 12.1 Å². The highest BCUT2D eigenvalue weighted by Gasteiger charge is 2.34. The monoisotopic (exact) mass is 420 g/mol. The average Bonchev–Trinajstić information content (AvgIpc) is 2.73. The molecule has 1 amide bonds. The second-order valence-electron chi connectivity index (χ2n) is 7.01. The molecule has 8 heteroatoms. The summed E-state index contributed by atoms with van der Waals surface area (Å²) in [5.41, 5.74) is 0.933. The first-order chi connectivity index (χ1) is 13.4. The number of ether oxygens (including phenoxy) is 1. The summed E-state index contributed by atoms with van der Waals surface area (Å²) in [6.07, 6.45) is 0.581. The summed E-state index contributed by atoms with van der Waals surface area (Å²) in [6, 6.07) is 13.8. The van der Waals surface area contributed by atoms with Gasteiger partial charge in [0.05, 0.1) is 10.8 Å². The molecule has 0 saturated carbocycles. The van der Waals surface area contributed by atoms with Crippen LogP contribution in [0, 0.1) is 5.92 Å². The Bertz CT molecular complexity index is 973. The Morgan fingerprint density at radius 3 is 2.46 bits per heavy atom. The van der Waals surface area contributed by atoms with Gasteiger partial charge in [0.15, 0.2) is 0 Å². The molecule has 1 unspecified atom stereocenters. The van der Waals surface area contributed by atoms with E-state index in [1.54, 1.807) is 41.3 Å². The zero-order valence-electron chi connectivity index (χ0n) is 15.3. The lowest BCUT2D eigenvalue weighted by Gasteiger charge is -2.36. The second-order valence-corrected chi connectivity index (χ2v) is 9.38. The third-order valence-electron chi connectivity index (χ3n) is 5.21. The Labute approximate surface area is 169 Å². The first-order valence-electron chi connectivity index (χ1n) is 9.20. The minimum absolute atomic E-state index is 0.00221. The van der Waals surface area contributed by atoms with Crippen molar-refractivity contribution in [3.8, 4) is 5.75 Å². The number of nitrogens with zero attached hydrogens (tertiary/aromatic N) is 2. The fourth-order valence-electron chi connectivity index (χ4n) is 3.67. The van der Waals surface area contributed by atoms with Gasteiger partial charge in [-0.2, -0.15) is 4.31 Å². The highest BCUT2D eigenvalue weighted by Crippen LogP contribution is 2.30. The highest BCUT2D eigenvalue weighted by atomic mass is 35.5. The van der Waals surface area contributed by atoms with Crippen LogP contribution < -0.4 is 4.74 Å². The van der Waals surface area contributed by atoms with Crippen molar-refractivity contribution >= 4 is 27.5 Å². The van der Waals surface area contributed by atoms with Gasteiger partial charge in [0.2, 0.25) is 15.9 Å². The van der Waals surface area contributed by atoms with Gasteiger partial charge in [-0.3, -0.25) is 4.79 Å². The summed E-state index contributed by atoms with van der Waals surface area (Å²) in [6.45, 7) is 1.67. The van der Waals surface area contributed by atoms with Crippen LogP contribution in [0.2, 0.25) is 5.02 Å². The van der Waals surface area contributed by atoms with Crippen molar-refractivity contribution in [2.24, 2.45) is 5.92 Å². The van der Waals surface area contributed by atoms with Crippen molar-refractivity contribution in [1.82, 2.24) is 9.21 Å². The molecule has 148 valence electrons. The number of fused-ring (bicyclic) bond motifs is 1. The quantitative estimate of drug-likeness (QED) is 0.764. The van der Waals surface area contributed by atoms with Gasteiger partial charge in [0, 0.05) is 31.2 Å². The Hall–Kier alpha value is -2.09. The number of carbonyl (C=O) groups is 1. The molecule has 0 radical (unpaired) electrons. The van der Waals surface area contributed by atoms with Gasteiger partial charge < -0.3 is 9.64 Å². The summed E-state index contributed by atoms with van der Waals surface area (Å²) in [4.78, 5) is 14.9. The van der Waals surface area contributed by atoms with Gasteiger partial charge in [0.1, 0.15) is 12.4 Å². The van der Waals surface area contributed by atoms with Crippen LogP contribution in [-0.2, 0) is 21.2 Å². The van der Waals surface area contributed by atoms with E-state index in [9.17, 15) is 13.2 Å². The van der Waals surface area contributed by atoms with Crippen LogP contribution in [-0.4, -0.2) is 56.3 Å². The number of hydrogen-bond donors (Lipinski definition) is 0. The molecule has 2 aliphatic heterocycles. The topological polar surface area (TPSA) is 66.9 Å². The first-order valence-corrected chi connectivity index (χ1v) is 11.0. The molecule has 0 aromatic heterocycles. The van der Waals surface area contributed by atoms with Crippen LogP contribution in [0.5, 0.6) is 5.75 Å². The summed E-state index contributed by atoms with van der Waals surface area (Å²) in [5.74, 6) is 0.498. The molecule has 1 saturated heterocycles. The maximum absolute atomic E-state index is 12.9. The maximum Gasteiger partial charge on any atom is 0.243 e. The second kappa shape index (κ2) is 7.73. The van der Waals surface area contributed by atoms with Gasteiger partial charge in [0.25, 0.3) is 0 Å². The van der Waals surface area contributed by atoms with E-state index in [2.05, 4.69) is 0 Å². The molecule has 0 bridgehead atoms. The predicted molar refractivity (Wildman–Crippen MR) is 106 cm³/mol. The van der Waals surface area contributed by atoms with Crippen LogP contribution in [0.15, 0.2) is 53.4 Å². The van der Waals surface area contributed by atoms with Gasteiger partial charge in [-0.1, -0.05) is 29.8 Å². The fourth-order valence-corrected chi connectivity index (χ4v) is 5.31. The molecule has 1 atom stereocenters. The lowest BCUT2D eigenvalue weighted by molar-refractivity contribution is -0.138. The molecule has 0 N–H and O–H groups in total. The van der Waals surface area contributed by atoms with Gasteiger partial charge in [-0.25, -0.2) is 8.42 Å². The molecule has 1 fully saturated rings. The molecular formula is C20H21ClN2O4S. The molecule has 4 rings (SSSR count). The Morgan fingerprint density at radius 2 is 1.75 bits per heavy atom. The highest BCUT2D eigenvalue weighted by molar-refractivity contribution is 7.89. The zero-order chi connectivity index (χ0) is 19.7. The molecule has 2 aromatic carbocycles. The lowest BCUT2D eigenvalue weighted by atomic mass is 9.95. The lowest BCUT2D eigenvalue weighted by Crippen LogP contribution is -2.52.